The maximum atomic E-state index is 13.3. The maximum absolute atomic E-state index is 13.3. The van der Waals surface area contributed by atoms with E-state index in [9.17, 15) is 4.79 Å². The van der Waals surface area contributed by atoms with Crippen LogP contribution in [0, 0.1) is 0 Å². The standard InChI is InChI=1S/C20H23N3O3S.ClH/c1-22(2)12-13-23(19(24)14-8-5-6-9-15(14)25-3)20-21-18-16(26-4)10-7-11-17(18)27-20;/h5-11H,12-13H2,1-4H3;1H. The third kappa shape index (κ3) is 4.55. The first-order valence-corrected chi connectivity index (χ1v) is 9.40. The molecule has 0 unspecified atom stereocenters. The van der Waals surface area contributed by atoms with Crippen LogP contribution in [0.1, 0.15) is 10.4 Å². The van der Waals surface area contributed by atoms with E-state index in [0.29, 0.717) is 35.3 Å². The van der Waals surface area contributed by atoms with Gasteiger partial charge in [0.2, 0.25) is 0 Å². The van der Waals surface area contributed by atoms with Gasteiger partial charge in [-0.15, -0.1) is 12.4 Å². The van der Waals surface area contributed by atoms with E-state index in [-0.39, 0.29) is 18.3 Å². The number of hydrogen-bond donors (Lipinski definition) is 0. The molecule has 1 heterocycles. The highest BCUT2D eigenvalue weighted by atomic mass is 35.5. The third-order valence-electron chi connectivity index (χ3n) is 4.17. The lowest BCUT2D eigenvalue weighted by atomic mass is 10.1. The summed E-state index contributed by atoms with van der Waals surface area (Å²) >= 11 is 1.48. The molecule has 0 radical (unpaired) electrons. The van der Waals surface area contributed by atoms with Crippen LogP contribution in [0.2, 0.25) is 0 Å². The van der Waals surface area contributed by atoms with Gasteiger partial charge in [0, 0.05) is 13.1 Å². The molecule has 28 heavy (non-hydrogen) atoms. The maximum Gasteiger partial charge on any atom is 0.263 e. The zero-order valence-corrected chi connectivity index (χ0v) is 18.0. The molecule has 0 atom stereocenters. The van der Waals surface area contributed by atoms with Crippen molar-refractivity contribution in [2.75, 3.05) is 46.3 Å². The highest BCUT2D eigenvalue weighted by molar-refractivity contribution is 7.22. The molecule has 8 heteroatoms. The predicted octanol–water partition coefficient (Wildman–Crippen LogP) is 3.94. The number of halogens is 1. The van der Waals surface area contributed by atoms with Crippen LogP contribution in [0.4, 0.5) is 5.13 Å². The van der Waals surface area contributed by atoms with Gasteiger partial charge >= 0.3 is 0 Å². The first-order chi connectivity index (χ1) is 13.0. The van der Waals surface area contributed by atoms with E-state index in [4.69, 9.17) is 14.5 Å². The molecular formula is C20H24ClN3O3S. The van der Waals surface area contributed by atoms with Crippen molar-refractivity contribution in [2.24, 2.45) is 0 Å². The summed E-state index contributed by atoms with van der Waals surface area (Å²) in [7, 11) is 7.15. The van der Waals surface area contributed by atoms with Crippen molar-refractivity contribution in [1.82, 2.24) is 9.88 Å². The molecule has 150 valence electrons. The molecule has 0 fully saturated rings. The van der Waals surface area contributed by atoms with Crippen molar-refractivity contribution in [3.05, 3.63) is 48.0 Å². The van der Waals surface area contributed by atoms with E-state index in [1.54, 1.807) is 31.3 Å². The van der Waals surface area contributed by atoms with Gasteiger partial charge in [0.05, 0.1) is 24.5 Å². The molecule has 0 N–H and O–H groups in total. The number of methoxy groups -OCH3 is 2. The molecule has 0 aliphatic carbocycles. The molecule has 6 nitrogen and oxygen atoms in total. The minimum absolute atomic E-state index is 0. The zero-order valence-electron chi connectivity index (χ0n) is 16.3. The Morgan fingerprint density at radius 2 is 1.68 bits per heavy atom. The molecule has 0 aliphatic rings. The smallest absolute Gasteiger partial charge is 0.263 e. The van der Waals surface area contributed by atoms with Gasteiger partial charge in [0.15, 0.2) is 5.13 Å². The summed E-state index contributed by atoms with van der Waals surface area (Å²) in [6.07, 6.45) is 0. The minimum atomic E-state index is -0.132. The van der Waals surface area contributed by atoms with Crippen LogP contribution in [0.3, 0.4) is 0 Å². The van der Waals surface area contributed by atoms with Crippen LogP contribution in [0.25, 0.3) is 10.2 Å². The quantitative estimate of drug-likeness (QED) is 0.578. The molecular weight excluding hydrogens is 398 g/mol. The normalized spacial score (nSPS) is 10.6. The molecule has 0 spiro atoms. The number of carbonyl (C=O) groups is 1. The number of hydrogen-bond acceptors (Lipinski definition) is 6. The lowest BCUT2D eigenvalue weighted by Gasteiger charge is -2.22. The summed E-state index contributed by atoms with van der Waals surface area (Å²) in [5.74, 6) is 1.12. The monoisotopic (exact) mass is 421 g/mol. The van der Waals surface area contributed by atoms with E-state index < -0.39 is 0 Å². The Hall–Kier alpha value is -2.35. The number of rotatable bonds is 7. The summed E-state index contributed by atoms with van der Waals surface area (Å²) in [6.45, 7) is 1.24. The Balaban J connectivity index is 0.00000280. The summed E-state index contributed by atoms with van der Waals surface area (Å²) in [6, 6.07) is 13.0. The first-order valence-electron chi connectivity index (χ1n) is 8.58. The third-order valence-corrected chi connectivity index (χ3v) is 5.22. The van der Waals surface area contributed by atoms with E-state index >= 15 is 0 Å². The fourth-order valence-corrected chi connectivity index (χ4v) is 3.75. The number of anilines is 1. The topological polar surface area (TPSA) is 54.9 Å². The van der Waals surface area contributed by atoms with Gasteiger partial charge in [0.1, 0.15) is 17.0 Å². The average Bonchev–Trinajstić information content (AvgIpc) is 3.11. The number of aromatic nitrogens is 1. The molecule has 0 saturated heterocycles. The number of nitrogens with zero attached hydrogens (tertiary/aromatic N) is 3. The molecule has 0 saturated carbocycles. The fraction of sp³-hybridized carbons (Fsp3) is 0.300. The van der Waals surface area contributed by atoms with Gasteiger partial charge < -0.3 is 14.4 Å². The van der Waals surface area contributed by atoms with Crippen molar-refractivity contribution < 1.29 is 14.3 Å². The number of thiazole rings is 1. The number of carbonyl (C=O) groups excluding carboxylic acids is 1. The summed E-state index contributed by atoms with van der Waals surface area (Å²) < 4.78 is 11.8. The van der Waals surface area contributed by atoms with Gasteiger partial charge in [-0.2, -0.15) is 0 Å². The van der Waals surface area contributed by atoms with E-state index in [2.05, 4.69) is 0 Å². The SMILES string of the molecule is COc1ccccc1C(=O)N(CCN(C)C)c1nc2c(OC)cccc2s1.Cl. The second-order valence-electron chi connectivity index (χ2n) is 6.26. The lowest BCUT2D eigenvalue weighted by Crippen LogP contribution is -2.36. The molecule has 3 rings (SSSR count). The number of benzene rings is 2. The van der Waals surface area contributed by atoms with Gasteiger partial charge in [-0.1, -0.05) is 29.5 Å². The van der Waals surface area contributed by atoms with Crippen LogP contribution in [-0.4, -0.2) is 57.2 Å². The second-order valence-corrected chi connectivity index (χ2v) is 7.27. The van der Waals surface area contributed by atoms with Crippen molar-refractivity contribution in [3.63, 3.8) is 0 Å². The van der Waals surface area contributed by atoms with Gasteiger partial charge in [-0.3, -0.25) is 9.69 Å². The Kier molecular flexibility index (Phi) is 7.62. The van der Waals surface area contributed by atoms with Gasteiger partial charge in [-0.25, -0.2) is 4.98 Å². The van der Waals surface area contributed by atoms with E-state index in [1.807, 2.05) is 49.3 Å². The molecule has 1 amide bonds. The van der Waals surface area contributed by atoms with Crippen molar-refractivity contribution in [1.29, 1.82) is 0 Å². The number of amides is 1. The lowest BCUT2D eigenvalue weighted by molar-refractivity contribution is 0.0982. The number of likely N-dealkylation sites (N-methyl/N-ethyl adjacent to an activating group) is 1. The van der Waals surface area contributed by atoms with E-state index in [1.165, 1.54) is 11.3 Å². The van der Waals surface area contributed by atoms with Crippen LogP contribution in [0.5, 0.6) is 11.5 Å². The van der Waals surface area contributed by atoms with Gasteiger partial charge in [0.25, 0.3) is 5.91 Å². The van der Waals surface area contributed by atoms with Crippen molar-refractivity contribution in [2.45, 2.75) is 0 Å². The number of para-hydroxylation sites is 2. The van der Waals surface area contributed by atoms with E-state index in [0.717, 1.165) is 10.2 Å². The average molecular weight is 422 g/mol. The van der Waals surface area contributed by atoms with Crippen molar-refractivity contribution in [3.8, 4) is 11.5 Å². The van der Waals surface area contributed by atoms with Crippen LogP contribution in [0.15, 0.2) is 42.5 Å². The van der Waals surface area contributed by atoms with Crippen LogP contribution < -0.4 is 14.4 Å². The molecule has 0 aliphatic heterocycles. The Bertz CT molecular complexity index is 945. The summed E-state index contributed by atoms with van der Waals surface area (Å²) in [5, 5.41) is 0.646. The number of fused-ring (bicyclic) bond motifs is 1. The Morgan fingerprint density at radius 1 is 1.00 bits per heavy atom. The Labute approximate surface area is 175 Å². The first kappa shape index (κ1) is 21.9. The van der Waals surface area contributed by atoms with Crippen LogP contribution in [-0.2, 0) is 0 Å². The largest absolute Gasteiger partial charge is 0.496 e. The molecule has 1 aromatic heterocycles. The predicted molar refractivity (Wildman–Crippen MR) is 117 cm³/mol. The molecule has 2 aromatic carbocycles. The molecule has 3 aromatic rings. The number of ether oxygens (including phenoxy) is 2. The zero-order chi connectivity index (χ0) is 19.4. The summed E-state index contributed by atoms with van der Waals surface area (Å²) in [5.41, 5.74) is 1.28. The molecule has 0 bridgehead atoms. The van der Waals surface area contributed by atoms with Gasteiger partial charge in [-0.05, 0) is 38.4 Å². The Morgan fingerprint density at radius 3 is 2.36 bits per heavy atom. The van der Waals surface area contributed by atoms with Crippen molar-refractivity contribution >= 4 is 45.0 Å². The fourth-order valence-electron chi connectivity index (χ4n) is 2.74. The highest BCUT2D eigenvalue weighted by Crippen LogP contribution is 2.35. The minimum Gasteiger partial charge on any atom is -0.496 e. The van der Waals surface area contributed by atoms with Crippen LogP contribution >= 0.6 is 23.7 Å². The summed E-state index contributed by atoms with van der Waals surface area (Å²) in [4.78, 5) is 21.8. The second kappa shape index (κ2) is 9.73. The highest BCUT2D eigenvalue weighted by Gasteiger charge is 2.24.